The van der Waals surface area contributed by atoms with Crippen molar-refractivity contribution in [2.45, 2.75) is 38.0 Å². The number of anilines is 1. The molecule has 0 radical (unpaired) electrons. The fourth-order valence-electron chi connectivity index (χ4n) is 2.48. The molecule has 0 bridgehead atoms. The molecule has 0 saturated carbocycles. The highest BCUT2D eigenvalue weighted by molar-refractivity contribution is 7.89. The van der Waals surface area contributed by atoms with Gasteiger partial charge >= 0.3 is 0 Å². The number of aryl methyl sites for hydroxylation is 1. The Balaban J connectivity index is 1.84. The van der Waals surface area contributed by atoms with Crippen molar-refractivity contribution in [2.75, 3.05) is 18.4 Å². The molecule has 146 valence electrons. The van der Waals surface area contributed by atoms with E-state index in [0.29, 0.717) is 5.92 Å². The van der Waals surface area contributed by atoms with Crippen molar-refractivity contribution in [3.63, 3.8) is 0 Å². The zero-order valence-electron chi connectivity index (χ0n) is 16.1. The van der Waals surface area contributed by atoms with Gasteiger partial charge in [-0.15, -0.1) is 0 Å². The summed E-state index contributed by atoms with van der Waals surface area (Å²) >= 11 is 0. The fraction of sp³-hybridized carbons (Fsp3) is 0.350. The number of nitrogens with zero attached hydrogens (tertiary/aromatic N) is 1. The van der Waals surface area contributed by atoms with E-state index < -0.39 is 10.0 Å². The van der Waals surface area contributed by atoms with Crippen LogP contribution in [0, 0.1) is 6.92 Å². The van der Waals surface area contributed by atoms with Crippen LogP contribution < -0.4 is 15.8 Å². The summed E-state index contributed by atoms with van der Waals surface area (Å²) in [6, 6.07) is 14.8. The van der Waals surface area contributed by atoms with E-state index in [1.165, 1.54) is 5.56 Å². The molecule has 0 aliphatic heterocycles. The predicted octanol–water partition coefficient (Wildman–Crippen LogP) is 3.21. The molecule has 0 fully saturated rings. The second-order valence-corrected chi connectivity index (χ2v) is 8.30. The van der Waals surface area contributed by atoms with Crippen LogP contribution in [0.15, 0.2) is 58.4 Å². The fourth-order valence-corrected chi connectivity index (χ4v) is 3.50. The molecule has 27 heavy (non-hydrogen) atoms. The SMILES string of the molecule is CCC(C)c1ccc(NC(N)=NCCNS(=O)(=O)c2ccc(C)cc2)cc1. The molecule has 1 atom stereocenters. The van der Waals surface area contributed by atoms with Gasteiger partial charge in [-0.2, -0.15) is 0 Å². The van der Waals surface area contributed by atoms with Gasteiger partial charge in [0.05, 0.1) is 11.4 Å². The van der Waals surface area contributed by atoms with Gasteiger partial charge in [0.25, 0.3) is 0 Å². The van der Waals surface area contributed by atoms with Crippen LogP contribution in [0.1, 0.15) is 37.3 Å². The number of aliphatic imine (C=N–C) groups is 1. The first-order valence-corrected chi connectivity index (χ1v) is 10.5. The summed E-state index contributed by atoms with van der Waals surface area (Å²) in [7, 11) is -3.53. The molecule has 2 aromatic carbocycles. The summed E-state index contributed by atoms with van der Waals surface area (Å²) in [6.45, 7) is 6.68. The first-order chi connectivity index (χ1) is 12.8. The highest BCUT2D eigenvalue weighted by Gasteiger charge is 2.12. The maximum absolute atomic E-state index is 12.2. The van der Waals surface area contributed by atoms with Crippen LogP contribution in [-0.2, 0) is 10.0 Å². The molecule has 0 aromatic heterocycles. The molecule has 0 aliphatic carbocycles. The molecular formula is C20H28N4O2S. The molecule has 0 spiro atoms. The number of nitrogens with one attached hydrogen (secondary N) is 2. The van der Waals surface area contributed by atoms with Crippen LogP contribution in [0.25, 0.3) is 0 Å². The number of nitrogens with two attached hydrogens (primary N) is 1. The zero-order chi connectivity index (χ0) is 19.9. The number of sulfonamides is 1. The van der Waals surface area contributed by atoms with Crippen molar-refractivity contribution >= 4 is 21.7 Å². The number of guanidine groups is 1. The lowest BCUT2D eigenvalue weighted by molar-refractivity contribution is 0.582. The van der Waals surface area contributed by atoms with Gasteiger partial charge in [-0.05, 0) is 49.1 Å². The largest absolute Gasteiger partial charge is 0.370 e. The minimum Gasteiger partial charge on any atom is -0.370 e. The predicted molar refractivity (Wildman–Crippen MR) is 112 cm³/mol. The van der Waals surface area contributed by atoms with E-state index in [2.05, 4.69) is 41.0 Å². The normalized spacial score (nSPS) is 13.4. The van der Waals surface area contributed by atoms with Gasteiger partial charge in [0.15, 0.2) is 5.96 Å². The van der Waals surface area contributed by atoms with Gasteiger partial charge in [-0.25, -0.2) is 13.1 Å². The molecule has 4 N–H and O–H groups in total. The summed E-state index contributed by atoms with van der Waals surface area (Å²) in [6.07, 6.45) is 1.09. The molecule has 2 aromatic rings. The molecule has 7 heteroatoms. The third-order valence-electron chi connectivity index (χ3n) is 4.38. The van der Waals surface area contributed by atoms with Crippen molar-refractivity contribution < 1.29 is 8.42 Å². The molecule has 0 amide bonds. The maximum atomic E-state index is 12.2. The van der Waals surface area contributed by atoms with Crippen LogP contribution in [-0.4, -0.2) is 27.5 Å². The minimum atomic E-state index is -3.53. The molecular weight excluding hydrogens is 360 g/mol. The number of hydrogen-bond donors (Lipinski definition) is 3. The molecule has 0 saturated heterocycles. The number of benzene rings is 2. The zero-order valence-corrected chi connectivity index (χ0v) is 16.9. The Kier molecular flexibility index (Phi) is 7.38. The minimum absolute atomic E-state index is 0.172. The Hall–Kier alpha value is -2.38. The molecule has 6 nitrogen and oxygen atoms in total. The topological polar surface area (TPSA) is 96.6 Å². The van der Waals surface area contributed by atoms with Gasteiger partial charge in [0, 0.05) is 12.2 Å². The molecule has 0 heterocycles. The Morgan fingerprint density at radius 1 is 1.11 bits per heavy atom. The Bertz CT molecular complexity index is 860. The molecule has 2 rings (SSSR count). The highest BCUT2D eigenvalue weighted by atomic mass is 32.2. The summed E-state index contributed by atoms with van der Waals surface area (Å²) in [5.41, 5.74) is 9.01. The molecule has 0 aliphatic rings. The summed E-state index contributed by atoms with van der Waals surface area (Å²) in [5.74, 6) is 0.771. The van der Waals surface area contributed by atoms with Gasteiger partial charge in [-0.3, -0.25) is 4.99 Å². The number of hydrogen-bond acceptors (Lipinski definition) is 3. The van der Waals surface area contributed by atoms with E-state index in [4.69, 9.17) is 5.73 Å². The summed E-state index contributed by atoms with van der Waals surface area (Å²) in [5, 5.41) is 3.01. The van der Waals surface area contributed by atoms with Crippen molar-refractivity contribution in [3.8, 4) is 0 Å². The van der Waals surface area contributed by atoms with Crippen LogP contribution in [0.5, 0.6) is 0 Å². The first-order valence-electron chi connectivity index (χ1n) is 9.05. The molecule has 1 unspecified atom stereocenters. The second-order valence-electron chi connectivity index (χ2n) is 6.53. The summed E-state index contributed by atoms with van der Waals surface area (Å²) in [4.78, 5) is 4.40. The average Bonchev–Trinajstić information content (AvgIpc) is 2.65. The van der Waals surface area contributed by atoms with E-state index >= 15 is 0 Å². The van der Waals surface area contributed by atoms with Gasteiger partial charge in [-0.1, -0.05) is 43.7 Å². The average molecular weight is 389 g/mol. The van der Waals surface area contributed by atoms with E-state index in [-0.39, 0.29) is 23.9 Å². The highest BCUT2D eigenvalue weighted by Crippen LogP contribution is 2.20. The van der Waals surface area contributed by atoms with Gasteiger partial charge in [0.2, 0.25) is 10.0 Å². The third-order valence-corrected chi connectivity index (χ3v) is 5.86. The maximum Gasteiger partial charge on any atom is 0.240 e. The smallest absolute Gasteiger partial charge is 0.240 e. The van der Waals surface area contributed by atoms with Gasteiger partial charge < -0.3 is 11.1 Å². The third kappa shape index (κ3) is 6.37. The van der Waals surface area contributed by atoms with E-state index in [0.717, 1.165) is 17.7 Å². The van der Waals surface area contributed by atoms with Crippen molar-refractivity contribution in [1.82, 2.24) is 4.72 Å². The van der Waals surface area contributed by atoms with E-state index in [1.54, 1.807) is 24.3 Å². The van der Waals surface area contributed by atoms with Crippen molar-refractivity contribution in [3.05, 3.63) is 59.7 Å². The van der Waals surface area contributed by atoms with Crippen molar-refractivity contribution in [1.29, 1.82) is 0 Å². The lowest BCUT2D eigenvalue weighted by Crippen LogP contribution is -2.28. The van der Waals surface area contributed by atoms with E-state index in [9.17, 15) is 8.42 Å². The quantitative estimate of drug-likeness (QED) is 0.367. The van der Waals surface area contributed by atoms with Crippen LogP contribution in [0.2, 0.25) is 0 Å². The Morgan fingerprint density at radius 3 is 2.33 bits per heavy atom. The lowest BCUT2D eigenvalue weighted by Gasteiger charge is -2.11. The van der Waals surface area contributed by atoms with E-state index in [1.807, 2.05) is 19.1 Å². The lowest BCUT2D eigenvalue weighted by atomic mass is 9.99. The number of rotatable bonds is 8. The van der Waals surface area contributed by atoms with Crippen LogP contribution in [0.3, 0.4) is 0 Å². The first kappa shape index (κ1) is 20.9. The monoisotopic (exact) mass is 388 g/mol. The standard InChI is InChI=1S/C20H28N4O2S/c1-4-16(3)17-7-9-18(10-8-17)24-20(21)22-13-14-23-27(25,26)19-11-5-15(2)6-12-19/h5-12,16,23H,4,13-14H2,1-3H3,(H3,21,22,24). The second kappa shape index (κ2) is 9.53. The Morgan fingerprint density at radius 2 is 1.74 bits per heavy atom. The van der Waals surface area contributed by atoms with Crippen LogP contribution in [0.4, 0.5) is 5.69 Å². The van der Waals surface area contributed by atoms with Gasteiger partial charge in [0.1, 0.15) is 0 Å². The van der Waals surface area contributed by atoms with Crippen LogP contribution >= 0.6 is 0 Å². The summed E-state index contributed by atoms with van der Waals surface area (Å²) < 4.78 is 26.9. The Labute approximate surface area is 162 Å². The van der Waals surface area contributed by atoms with Crippen molar-refractivity contribution in [2.24, 2.45) is 10.7 Å².